The minimum atomic E-state index is 0.544. The van der Waals surface area contributed by atoms with E-state index >= 15 is 0 Å². The van der Waals surface area contributed by atoms with Gasteiger partial charge in [-0.1, -0.05) is 35.9 Å². The van der Waals surface area contributed by atoms with E-state index in [9.17, 15) is 0 Å². The van der Waals surface area contributed by atoms with Crippen LogP contribution in [-0.2, 0) is 13.0 Å². The lowest BCUT2D eigenvalue weighted by Crippen LogP contribution is -2.30. The average molecular weight is 431 g/mol. The fourth-order valence-corrected chi connectivity index (χ4v) is 3.26. The maximum Gasteiger partial charge on any atom is 0.170 e. The minimum absolute atomic E-state index is 0.544. The van der Waals surface area contributed by atoms with Crippen LogP contribution < -0.4 is 20.1 Å². The van der Waals surface area contributed by atoms with E-state index in [2.05, 4.69) is 15.7 Å². The van der Waals surface area contributed by atoms with Crippen LogP contribution in [0, 0.1) is 0 Å². The molecule has 1 heterocycles. The zero-order valence-electron chi connectivity index (χ0n) is 16.3. The predicted octanol–water partition coefficient (Wildman–Crippen LogP) is 4.13. The third kappa shape index (κ3) is 5.85. The van der Waals surface area contributed by atoms with E-state index in [4.69, 9.17) is 33.3 Å². The number of halogens is 1. The van der Waals surface area contributed by atoms with Crippen molar-refractivity contribution in [2.45, 2.75) is 13.0 Å². The molecular formula is C21H23ClN4O2S. The fourth-order valence-electron chi connectivity index (χ4n) is 2.85. The van der Waals surface area contributed by atoms with Crippen molar-refractivity contribution in [3.8, 4) is 11.5 Å². The summed E-state index contributed by atoms with van der Waals surface area (Å²) in [6.07, 6.45) is 4.43. The summed E-state index contributed by atoms with van der Waals surface area (Å²) in [6.45, 7) is 1.29. The summed E-state index contributed by atoms with van der Waals surface area (Å²) in [5.74, 6) is 1.44. The Labute approximate surface area is 180 Å². The molecule has 0 unspecified atom stereocenters. The highest BCUT2D eigenvalue weighted by Crippen LogP contribution is 2.27. The molecule has 2 N–H and O–H groups in total. The third-order valence-corrected chi connectivity index (χ3v) is 4.94. The zero-order valence-corrected chi connectivity index (χ0v) is 17.9. The predicted molar refractivity (Wildman–Crippen MR) is 120 cm³/mol. The Kier molecular flexibility index (Phi) is 7.32. The number of ether oxygens (including phenoxy) is 2. The van der Waals surface area contributed by atoms with Gasteiger partial charge in [0.1, 0.15) is 0 Å². The monoisotopic (exact) mass is 430 g/mol. The number of anilines is 1. The molecule has 0 saturated heterocycles. The summed E-state index contributed by atoms with van der Waals surface area (Å²) in [4.78, 5) is 0. The van der Waals surface area contributed by atoms with Crippen molar-refractivity contribution >= 4 is 34.6 Å². The standard InChI is InChI=1S/C21H23ClN4O2S/c1-27-19-8-7-15(11-20(19)28-2)9-10-23-21(29)25-17-12-24-26(14-17)13-16-5-3-4-6-18(16)22/h3-8,11-12,14H,9-10,13H2,1-2H3,(H2,23,25,29). The van der Waals surface area contributed by atoms with Crippen LogP contribution in [0.2, 0.25) is 5.02 Å². The highest BCUT2D eigenvalue weighted by Gasteiger charge is 2.06. The molecule has 0 atom stereocenters. The van der Waals surface area contributed by atoms with Crippen LogP contribution in [0.1, 0.15) is 11.1 Å². The van der Waals surface area contributed by atoms with E-state index in [-0.39, 0.29) is 0 Å². The first-order chi connectivity index (χ1) is 14.1. The van der Waals surface area contributed by atoms with E-state index < -0.39 is 0 Å². The van der Waals surface area contributed by atoms with Crippen LogP contribution in [-0.4, -0.2) is 35.7 Å². The van der Waals surface area contributed by atoms with E-state index in [1.54, 1.807) is 20.4 Å². The third-order valence-electron chi connectivity index (χ3n) is 4.33. The van der Waals surface area contributed by atoms with Gasteiger partial charge in [-0.25, -0.2) is 0 Å². The first-order valence-electron chi connectivity index (χ1n) is 9.10. The Balaban J connectivity index is 1.48. The second kappa shape index (κ2) is 10.1. The van der Waals surface area contributed by atoms with Crippen LogP contribution in [0.3, 0.4) is 0 Å². The van der Waals surface area contributed by atoms with Gasteiger partial charge in [0.25, 0.3) is 0 Å². The molecule has 0 aliphatic heterocycles. The maximum atomic E-state index is 6.21. The van der Waals surface area contributed by atoms with Gasteiger partial charge in [-0.2, -0.15) is 5.10 Å². The Morgan fingerprint density at radius 3 is 2.69 bits per heavy atom. The van der Waals surface area contributed by atoms with Gasteiger partial charge in [0.2, 0.25) is 0 Å². The molecule has 6 nitrogen and oxygen atoms in total. The Hall–Kier alpha value is -2.77. The lowest BCUT2D eigenvalue weighted by molar-refractivity contribution is 0.354. The molecule has 152 valence electrons. The fraction of sp³-hybridized carbons (Fsp3) is 0.238. The topological polar surface area (TPSA) is 60.3 Å². The van der Waals surface area contributed by atoms with Gasteiger partial charge in [0.15, 0.2) is 16.6 Å². The number of benzene rings is 2. The summed E-state index contributed by atoms with van der Waals surface area (Å²) in [5, 5.41) is 12.0. The van der Waals surface area contributed by atoms with Gasteiger partial charge >= 0.3 is 0 Å². The molecule has 0 aliphatic carbocycles. The molecule has 0 aliphatic rings. The first-order valence-corrected chi connectivity index (χ1v) is 9.89. The van der Waals surface area contributed by atoms with Gasteiger partial charge in [-0.3, -0.25) is 4.68 Å². The number of hydrogen-bond donors (Lipinski definition) is 2. The number of nitrogens with zero attached hydrogens (tertiary/aromatic N) is 2. The molecule has 0 spiro atoms. The summed E-state index contributed by atoms with van der Waals surface area (Å²) < 4.78 is 12.4. The summed E-state index contributed by atoms with van der Waals surface area (Å²) >= 11 is 11.6. The van der Waals surface area contributed by atoms with Crippen molar-refractivity contribution in [2.75, 3.05) is 26.1 Å². The smallest absolute Gasteiger partial charge is 0.170 e. The zero-order chi connectivity index (χ0) is 20.6. The van der Waals surface area contributed by atoms with Gasteiger partial charge in [0.05, 0.1) is 32.6 Å². The van der Waals surface area contributed by atoms with E-state index in [0.717, 1.165) is 39.8 Å². The van der Waals surface area contributed by atoms with E-state index in [0.29, 0.717) is 18.2 Å². The van der Waals surface area contributed by atoms with Crippen molar-refractivity contribution in [1.29, 1.82) is 0 Å². The van der Waals surface area contributed by atoms with Gasteiger partial charge in [0, 0.05) is 17.8 Å². The van der Waals surface area contributed by atoms with Crippen LogP contribution in [0.25, 0.3) is 0 Å². The normalized spacial score (nSPS) is 10.4. The minimum Gasteiger partial charge on any atom is -0.493 e. The van der Waals surface area contributed by atoms with Crippen molar-refractivity contribution in [1.82, 2.24) is 15.1 Å². The Morgan fingerprint density at radius 1 is 1.14 bits per heavy atom. The second-order valence-corrected chi connectivity index (χ2v) is 7.15. The lowest BCUT2D eigenvalue weighted by Gasteiger charge is -2.11. The molecule has 3 aromatic rings. The molecule has 1 aromatic heterocycles. The van der Waals surface area contributed by atoms with Crippen LogP contribution >= 0.6 is 23.8 Å². The number of rotatable bonds is 8. The maximum absolute atomic E-state index is 6.21. The van der Waals surface area contributed by atoms with E-state index in [1.165, 1.54) is 0 Å². The molecular weight excluding hydrogens is 408 g/mol. The lowest BCUT2D eigenvalue weighted by atomic mass is 10.1. The number of thiocarbonyl (C=S) groups is 1. The first kappa shape index (κ1) is 21.0. The quantitative estimate of drug-likeness (QED) is 0.524. The molecule has 0 radical (unpaired) electrons. The SMILES string of the molecule is COc1ccc(CCNC(=S)Nc2cnn(Cc3ccccc3Cl)c2)cc1OC. The van der Waals surface area contributed by atoms with Crippen molar-refractivity contribution in [3.63, 3.8) is 0 Å². The van der Waals surface area contributed by atoms with Gasteiger partial charge < -0.3 is 20.1 Å². The molecule has 3 rings (SSSR count). The van der Waals surface area contributed by atoms with Crippen molar-refractivity contribution in [3.05, 3.63) is 71.0 Å². The second-order valence-electron chi connectivity index (χ2n) is 6.34. The molecule has 29 heavy (non-hydrogen) atoms. The highest BCUT2D eigenvalue weighted by molar-refractivity contribution is 7.80. The molecule has 0 amide bonds. The summed E-state index contributed by atoms with van der Waals surface area (Å²) in [5.41, 5.74) is 2.96. The van der Waals surface area contributed by atoms with Crippen molar-refractivity contribution < 1.29 is 9.47 Å². The number of aromatic nitrogens is 2. The highest BCUT2D eigenvalue weighted by atomic mass is 35.5. The molecule has 0 fully saturated rings. The van der Waals surface area contributed by atoms with Gasteiger partial charge in [-0.15, -0.1) is 0 Å². The number of hydrogen-bond acceptors (Lipinski definition) is 4. The number of nitrogens with one attached hydrogen (secondary N) is 2. The van der Waals surface area contributed by atoms with Crippen LogP contribution in [0.5, 0.6) is 11.5 Å². The Morgan fingerprint density at radius 2 is 1.93 bits per heavy atom. The largest absolute Gasteiger partial charge is 0.493 e. The number of methoxy groups -OCH3 is 2. The van der Waals surface area contributed by atoms with E-state index in [1.807, 2.05) is 53.3 Å². The molecule has 8 heteroatoms. The van der Waals surface area contributed by atoms with Gasteiger partial charge in [-0.05, 0) is 48.0 Å². The Bertz CT molecular complexity index is 977. The summed E-state index contributed by atoms with van der Waals surface area (Å²) in [6, 6.07) is 13.6. The molecule has 2 aromatic carbocycles. The molecule has 0 saturated carbocycles. The average Bonchev–Trinajstić information content (AvgIpc) is 3.16. The van der Waals surface area contributed by atoms with Crippen molar-refractivity contribution in [2.24, 2.45) is 0 Å². The molecule has 0 bridgehead atoms. The van der Waals surface area contributed by atoms with Crippen LogP contribution in [0.4, 0.5) is 5.69 Å². The summed E-state index contributed by atoms with van der Waals surface area (Å²) in [7, 11) is 3.25. The van der Waals surface area contributed by atoms with Crippen LogP contribution in [0.15, 0.2) is 54.9 Å².